The van der Waals surface area contributed by atoms with Gasteiger partial charge in [0.25, 0.3) is 0 Å². The van der Waals surface area contributed by atoms with E-state index >= 15 is 0 Å². The fourth-order valence-electron chi connectivity index (χ4n) is 1.90. The van der Waals surface area contributed by atoms with E-state index in [9.17, 15) is 4.79 Å². The lowest BCUT2D eigenvalue weighted by atomic mass is 10.1. The summed E-state index contributed by atoms with van der Waals surface area (Å²) in [5.41, 5.74) is 4.32. The van der Waals surface area contributed by atoms with Crippen LogP contribution in [-0.2, 0) is 4.74 Å². The van der Waals surface area contributed by atoms with Crippen molar-refractivity contribution in [3.05, 3.63) is 28.8 Å². The lowest BCUT2D eigenvalue weighted by Crippen LogP contribution is -2.40. The van der Waals surface area contributed by atoms with Crippen LogP contribution < -0.4 is 10.6 Å². The standard InChI is InChI=1S/C15H24N2O2/c1-6-13(9-19-5)16-15(18)17-14-8-11(3)10(2)7-12(14)4/h7-8,13H,6,9H2,1-5H3,(H2,16,17,18). The molecule has 1 rings (SSSR count). The number of ether oxygens (including phenoxy) is 1. The van der Waals surface area contributed by atoms with Crippen molar-refractivity contribution in [2.45, 2.75) is 40.2 Å². The number of carbonyl (C=O) groups excluding carboxylic acids is 1. The Hall–Kier alpha value is -1.55. The fraction of sp³-hybridized carbons (Fsp3) is 0.533. The number of methoxy groups -OCH3 is 1. The molecule has 0 aromatic heterocycles. The van der Waals surface area contributed by atoms with Gasteiger partial charge in [-0.2, -0.15) is 0 Å². The van der Waals surface area contributed by atoms with E-state index < -0.39 is 0 Å². The summed E-state index contributed by atoms with van der Waals surface area (Å²) in [5.74, 6) is 0. The molecule has 0 bridgehead atoms. The van der Waals surface area contributed by atoms with Crippen LogP contribution in [0.25, 0.3) is 0 Å². The Morgan fingerprint density at radius 1 is 1.21 bits per heavy atom. The van der Waals surface area contributed by atoms with E-state index in [1.165, 1.54) is 11.1 Å². The number of hydrogen-bond acceptors (Lipinski definition) is 2. The zero-order chi connectivity index (χ0) is 14.4. The Morgan fingerprint density at radius 2 is 1.84 bits per heavy atom. The molecule has 0 saturated heterocycles. The summed E-state index contributed by atoms with van der Waals surface area (Å²) in [6.45, 7) is 8.64. The van der Waals surface area contributed by atoms with Gasteiger partial charge in [0.2, 0.25) is 0 Å². The average molecular weight is 264 g/mol. The highest BCUT2D eigenvalue weighted by molar-refractivity contribution is 5.90. The predicted octanol–water partition coefficient (Wildman–Crippen LogP) is 3.16. The maximum Gasteiger partial charge on any atom is 0.319 e. The molecule has 0 aliphatic carbocycles. The van der Waals surface area contributed by atoms with Gasteiger partial charge in [-0.15, -0.1) is 0 Å². The van der Waals surface area contributed by atoms with Gasteiger partial charge in [-0.1, -0.05) is 13.0 Å². The number of rotatable bonds is 5. The minimum Gasteiger partial charge on any atom is -0.383 e. The Bertz CT molecular complexity index is 444. The lowest BCUT2D eigenvalue weighted by Gasteiger charge is -2.17. The molecule has 1 aromatic carbocycles. The maximum absolute atomic E-state index is 11.9. The van der Waals surface area contributed by atoms with E-state index in [0.29, 0.717) is 6.61 Å². The molecule has 1 unspecified atom stereocenters. The molecule has 4 heteroatoms. The molecule has 2 amide bonds. The Labute approximate surface area is 115 Å². The first-order valence-electron chi connectivity index (χ1n) is 6.62. The fourth-order valence-corrected chi connectivity index (χ4v) is 1.90. The summed E-state index contributed by atoms with van der Waals surface area (Å²) < 4.78 is 5.06. The van der Waals surface area contributed by atoms with E-state index in [4.69, 9.17) is 4.74 Å². The number of amides is 2. The van der Waals surface area contributed by atoms with E-state index in [0.717, 1.165) is 17.7 Å². The SMILES string of the molecule is CCC(COC)NC(=O)Nc1cc(C)c(C)cc1C. The summed E-state index contributed by atoms with van der Waals surface area (Å²) in [5, 5.41) is 5.80. The predicted molar refractivity (Wildman–Crippen MR) is 78.8 cm³/mol. The van der Waals surface area contributed by atoms with Crippen molar-refractivity contribution in [2.24, 2.45) is 0 Å². The second kappa shape index (κ2) is 7.14. The van der Waals surface area contributed by atoms with Crippen LogP contribution in [0, 0.1) is 20.8 Å². The summed E-state index contributed by atoms with van der Waals surface area (Å²) in [4.78, 5) is 11.9. The van der Waals surface area contributed by atoms with Crippen molar-refractivity contribution in [3.8, 4) is 0 Å². The van der Waals surface area contributed by atoms with Crippen LogP contribution in [0.1, 0.15) is 30.0 Å². The molecule has 4 nitrogen and oxygen atoms in total. The summed E-state index contributed by atoms with van der Waals surface area (Å²) in [6, 6.07) is 3.94. The van der Waals surface area contributed by atoms with Gasteiger partial charge in [-0.3, -0.25) is 0 Å². The van der Waals surface area contributed by atoms with Crippen LogP contribution in [0.15, 0.2) is 12.1 Å². The van der Waals surface area contributed by atoms with Crippen molar-refractivity contribution >= 4 is 11.7 Å². The highest BCUT2D eigenvalue weighted by atomic mass is 16.5. The summed E-state index contributed by atoms with van der Waals surface area (Å²) in [6.07, 6.45) is 0.840. The van der Waals surface area contributed by atoms with Crippen LogP contribution in [0.4, 0.5) is 10.5 Å². The number of urea groups is 1. The van der Waals surface area contributed by atoms with Crippen molar-refractivity contribution in [1.82, 2.24) is 5.32 Å². The summed E-state index contributed by atoms with van der Waals surface area (Å²) in [7, 11) is 1.63. The Kier molecular flexibility index (Phi) is 5.83. The van der Waals surface area contributed by atoms with Gasteiger partial charge < -0.3 is 15.4 Å². The van der Waals surface area contributed by atoms with Gasteiger partial charge in [0.15, 0.2) is 0 Å². The largest absolute Gasteiger partial charge is 0.383 e. The van der Waals surface area contributed by atoms with Gasteiger partial charge in [-0.05, 0) is 49.9 Å². The zero-order valence-electron chi connectivity index (χ0n) is 12.5. The molecule has 0 aliphatic heterocycles. The first-order valence-corrected chi connectivity index (χ1v) is 6.62. The number of anilines is 1. The quantitative estimate of drug-likeness (QED) is 0.858. The Morgan fingerprint density at radius 3 is 2.42 bits per heavy atom. The number of nitrogens with one attached hydrogen (secondary N) is 2. The molecule has 0 heterocycles. The molecule has 19 heavy (non-hydrogen) atoms. The first kappa shape index (κ1) is 15.5. The average Bonchev–Trinajstić information content (AvgIpc) is 2.35. The van der Waals surface area contributed by atoms with Gasteiger partial charge in [0.05, 0.1) is 12.6 Å². The second-order valence-electron chi connectivity index (χ2n) is 4.91. The van der Waals surface area contributed by atoms with E-state index in [1.54, 1.807) is 7.11 Å². The second-order valence-corrected chi connectivity index (χ2v) is 4.91. The zero-order valence-corrected chi connectivity index (χ0v) is 12.5. The molecule has 106 valence electrons. The van der Waals surface area contributed by atoms with Crippen molar-refractivity contribution in [2.75, 3.05) is 19.0 Å². The third kappa shape index (κ3) is 4.56. The highest BCUT2D eigenvalue weighted by Crippen LogP contribution is 2.19. The monoisotopic (exact) mass is 264 g/mol. The van der Waals surface area contributed by atoms with Gasteiger partial charge in [0.1, 0.15) is 0 Å². The topological polar surface area (TPSA) is 50.4 Å². The van der Waals surface area contributed by atoms with Crippen LogP contribution in [0.2, 0.25) is 0 Å². The van der Waals surface area contributed by atoms with Crippen LogP contribution in [-0.4, -0.2) is 25.8 Å². The van der Waals surface area contributed by atoms with Gasteiger partial charge >= 0.3 is 6.03 Å². The van der Waals surface area contributed by atoms with Crippen LogP contribution >= 0.6 is 0 Å². The first-order chi connectivity index (χ1) is 8.97. The number of hydrogen-bond donors (Lipinski definition) is 2. The molecule has 0 spiro atoms. The van der Waals surface area contributed by atoms with E-state index in [2.05, 4.69) is 23.6 Å². The molecule has 1 atom stereocenters. The highest BCUT2D eigenvalue weighted by Gasteiger charge is 2.11. The third-order valence-electron chi connectivity index (χ3n) is 3.28. The molecular formula is C15H24N2O2. The van der Waals surface area contributed by atoms with Crippen molar-refractivity contribution in [1.29, 1.82) is 0 Å². The normalized spacial score (nSPS) is 12.1. The minimum absolute atomic E-state index is 0.0388. The molecule has 0 saturated carbocycles. The molecule has 0 fully saturated rings. The third-order valence-corrected chi connectivity index (χ3v) is 3.28. The Balaban J connectivity index is 2.69. The van der Waals surface area contributed by atoms with Crippen LogP contribution in [0.5, 0.6) is 0 Å². The van der Waals surface area contributed by atoms with Gasteiger partial charge in [0, 0.05) is 12.8 Å². The minimum atomic E-state index is -0.185. The van der Waals surface area contributed by atoms with E-state index in [1.807, 2.05) is 26.8 Å². The molecular weight excluding hydrogens is 240 g/mol. The van der Waals surface area contributed by atoms with E-state index in [-0.39, 0.29) is 12.1 Å². The van der Waals surface area contributed by atoms with Gasteiger partial charge in [-0.25, -0.2) is 4.79 Å². The molecule has 0 radical (unpaired) electrons. The van der Waals surface area contributed by atoms with Crippen molar-refractivity contribution in [3.63, 3.8) is 0 Å². The summed E-state index contributed by atoms with van der Waals surface area (Å²) >= 11 is 0. The molecule has 2 N–H and O–H groups in total. The molecule has 1 aromatic rings. The number of benzene rings is 1. The maximum atomic E-state index is 11.9. The smallest absolute Gasteiger partial charge is 0.319 e. The van der Waals surface area contributed by atoms with Crippen LogP contribution in [0.3, 0.4) is 0 Å². The lowest BCUT2D eigenvalue weighted by molar-refractivity contribution is 0.165. The molecule has 0 aliphatic rings. The number of aryl methyl sites for hydroxylation is 3. The van der Waals surface area contributed by atoms with Crippen molar-refractivity contribution < 1.29 is 9.53 Å². The number of carbonyl (C=O) groups is 1.